The molecule has 2 heterocycles. The minimum absolute atomic E-state index is 0.188. The van der Waals surface area contributed by atoms with Gasteiger partial charge in [0, 0.05) is 43.6 Å². The van der Waals surface area contributed by atoms with Crippen LogP contribution in [0, 0.1) is 11.8 Å². The number of hydrogen-bond donors (Lipinski definition) is 1. The number of likely N-dealkylation sites (tertiary alicyclic amines) is 2. The van der Waals surface area contributed by atoms with Crippen LogP contribution in [0.5, 0.6) is 0 Å². The Hall–Kier alpha value is -1.10. The Morgan fingerprint density at radius 2 is 1.80 bits per heavy atom. The predicted molar refractivity (Wildman–Crippen MR) is 101 cm³/mol. The molecule has 0 aliphatic carbocycles. The van der Waals surface area contributed by atoms with Gasteiger partial charge in [-0.1, -0.05) is 23.7 Å². The van der Waals surface area contributed by atoms with Crippen molar-refractivity contribution in [1.82, 2.24) is 9.80 Å². The molecule has 3 rings (SSSR count). The third kappa shape index (κ3) is 5.19. The second kappa shape index (κ2) is 9.02. The van der Waals surface area contributed by atoms with Crippen molar-refractivity contribution in [2.45, 2.75) is 32.1 Å². The molecule has 0 saturated carbocycles. The molecule has 1 N–H and O–H groups in total. The second-order valence-electron chi connectivity index (χ2n) is 7.49. The third-order valence-electron chi connectivity index (χ3n) is 5.62. The number of rotatable bonds is 7. The molecule has 4 nitrogen and oxygen atoms in total. The molecular weight excluding hydrogens is 336 g/mol. The smallest absolute Gasteiger partial charge is 0.222 e. The van der Waals surface area contributed by atoms with Crippen LogP contribution in [0.2, 0.25) is 5.02 Å². The van der Waals surface area contributed by atoms with Crippen molar-refractivity contribution < 1.29 is 9.90 Å². The summed E-state index contributed by atoms with van der Waals surface area (Å²) in [6.45, 7) is 5.08. The van der Waals surface area contributed by atoms with Crippen molar-refractivity contribution in [3.05, 3.63) is 34.9 Å². The molecule has 0 radical (unpaired) electrons. The first kappa shape index (κ1) is 18.7. The highest BCUT2D eigenvalue weighted by atomic mass is 35.5. The Labute approximate surface area is 155 Å². The average Bonchev–Trinajstić information content (AvgIpc) is 3.26. The topological polar surface area (TPSA) is 43.8 Å². The van der Waals surface area contributed by atoms with Gasteiger partial charge in [-0.3, -0.25) is 4.79 Å². The van der Waals surface area contributed by atoms with E-state index >= 15 is 0 Å². The Bertz CT molecular complexity index is 557. The van der Waals surface area contributed by atoms with Gasteiger partial charge < -0.3 is 14.9 Å². The molecule has 138 valence electrons. The predicted octanol–water partition coefficient (Wildman–Crippen LogP) is 2.83. The standard InChI is InChI=1S/C20H29ClN2O2/c21-19-8-6-16(7-9-19)4-3-5-20(25)23-13-17(18(14-23)15-24)12-22-10-1-2-11-22/h6-9,17-18,24H,1-5,10-15H2/t17-,18-/m0/s1. The maximum atomic E-state index is 12.5. The van der Waals surface area contributed by atoms with Gasteiger partial charge in [0.1, 0.15) is 0 Å². The minimum atomic E-state index is 0.188. The summed E-state index contributed by atoms with van der Waals surface area (Å²) in [7, 11) is 0. The van der Waals surface area contributed by atoms with E-state index in [-0.39, 0.29) is 18.4 Å². The van der Waals surface area contributed by atoms with E-state index in [0.717, 1.165) is 37.5 Å². The number of amides is 1. The van der Waals surface area contributed by atoms with Gasteiger partial charge in [-0.25, -0.2) is 0 Å². The first-order chi connectivity index (χ1) is 12.2. The van der Waals surface area contributed by atoms with Crippen molar-refractivity contribution >= 4 is 17.5 Å². The van der Waals surface area contributed by atoms with Gasteiger partial charge in [-0.2, -0.15) is 0 Å². The van der Waals surface area contributed by atoms with Crippen molar-refractivity contribution in [2.75, 3.05) is 39.3 Å². The summed E-state index contributed by atoms with van der Waals surface area (Å²) in [6, 6.07) is 7.84. The minimum Gasteiger partial charge on any atom is -0.396 e. The van der Waals surface area contributed by atoms with Gasteiger partial charge in [-0.05, 0) is 62.4 Å². The van der Waals surface area contributed by atoms with Crippen LogP contribution in [0.1, 0.15) is 31.2 Å². The quantitative estimate of drug-likeness (QED) is 0.809. The van der Waals surface area contributed by atoms with E-state index in [1.807, 2.05) is 29.2 Å². The number of carbonyl (C=O) groups excluding carboxylic acids is 1. The molecule has 1 aromatic rings. The van der Waals surface area contributed by atoms with Crippen LogP contribution in [0.4, 0.5) is 0 Å². The Balaban J connectivity index is 1.44. The number of benzene rings is 1. The second-order valence-corrected chi connectivity index (χ2v) is 7.93. The van der Waals surface area contributed by atoms with Crippen LogP contribution in [-0.2, 0) is 11.2 Å². The summed E-state index contributed by atoms with van der Waals surface area (Å²) in [4.78, 5) is 17.0. The fourth-order valence-corrected chi connectivity index (χ4v) is 4.23. The molecule has 1 aromatic carbocycles. The molecule has 2 saturated heterocycles. The molecule has 2 aliphatic heterocycles. The molecule has 2 fully saturated rings. The summed E-state index contributed by atoms with van der Waals surface area (Å²) >= 11 is 5.90. The maximum absolute atomic E-state index is 12.5. The number of aliphatic hydroxyl groups excluding tert-OH is 1. The van der Waals surface area contributed by atoms with Gasteiger partial charge in [0.05, 0.1) is 0 Å². The zero-order valence-electron chi connectivity index (χ0n) is 14.9. The van der Waals surface area contributed by atoms with Crippen molar-refractivity contribution in [3.63, 3.8) is 0 Å². The van der Waals surface area contributed by atoms with Crippen molar-refractivity contribution in [3.8, 4) is 0 Å². The lowest BCUT2D eigenvalue weighted by molar-refractivity contribution is -0.130. The SMILES string of the molecule is O=C(CCCc1ccc(Cl)cc1)N1C[C@@H](CO)[C@@H](CN2CCCC2)C1. The van der Waals surface area contributed by atoms with Gasteiger partial charge in [0.25, 0.3) is 0 Å². The monoisotopic (exact) mass is 364 g/mol. The van der Waals surface area contributed by atoms with Crippen LogP contribution in [-0.4, -0.2) is 60.1 Å². The van der Waals surface area contributed by atoms with Crippen LogP contribution >= 0.6 is 11.6 Å². The highest BCUT2D eigenvalue weighted by molar-refractivity contribution is 6.30. The molecule has 0 aromatic heterocycles. The summed E-state index contributed by atoms with van der Waals surface area (Å²) < 4.78 is 0. The van der Waals surface area contributed by atoms with Gasteiger partial charge >= 0.3 is 0 Å². The van der Waals surface area contributed by atoms with Crippen LogP contribution in [0.15, 0.2) is 24.3 Å². The van der Waals surface area contributed by atoms with E-state index in [1.54, 1.807) is 0 Å². The maximum Gasteiger partial charge on any atom is 0.222 e. The fourth-order valence-electron chi connectivity index (χ4n) is 4.11. The van der Waals surface area contributed by atoms with Crippen LogP contribution in [0.25, 0.3) is 0 Å². The number of hydrogen-bond acceptors (Lipinski definition) is 3. The van der Waals surface area contributed by atoms with Gasteiger partial charge in [0.2, 0.25) is 5.91 Å². The molecule has 0 unspecified atom stereocenters. The molecular formula is C20H29ClN2O2. The zero-order chi connectivity index (χ0) is 17.6. The number of aryl methyl sites for hydroxylation is 1. The molecule has 1 amide bonds. The molecule has 0 spiro atoms. The van der Waals surface area contributed by atoms with Gasteiger partial charge in [-0.15, -0.1) is 0 Å². The van der Waals surface area contributed by atoms with E-state index in [0.29, 0.717) is 12.3 Å². The van der Waals surface area contributed by atoms with E-state index in [2.05, 4.69) is 4.90 Å². The van der Waals surface area contributed by atoms with Crippen molar-refractivity contribution in [2.24, 2.45) is 11.8 Å². The van der Waals surface area contributed by atoms with E-state index in [1.165, 1.54) is 31.5 Å². The highest BCUT2D eigenvalue weighted by Gasteiger charge is 2.35. The van der Waals surface area contributed by atoms with Gasteiger partial charge in [0.15, 0.2) is 0 Å². The Morgan fingerprint density at radius 3 is 2.48 bits per heavy atom. The van der Waals surface area contributed by atoms with Crippen molar-refractivity contribution in [1.29, 1.82) is 0 Å². The first-order valence-electron chi connectivity index (χ1n) is 9.51. The normalized spacial score (nSPS) is 24.2. The zero-order valence-corrected chi connectivity index (χ0v) is 15.6. The molecule has 2 aliphatic rings. The summed E-state index contributed by atoms with van der Waals surface area (Å²) in [5.41, 5.74) is 1.22. The summed E-state index contributed by atoms with van der Waals surface area (Å²) in [5, 5.41) is 10.4. The summed E-state index contributed by atoms with van der Waals surface area (Å²) in [6.07, 6.45) is 4.90. The first-order valence-corrected chi connectivity index (χ1v) is 9.89. The number of carbonyl (C=O) groups is 1. The number of aliphatic hydroxyl groups is 1. The fraction of sp³-hybridized carbons (Fsp3) is 0.650. The number of halogens is 1. The van der Waals surface area contributed by atoms with Crippen LogP contribution in [0.3, 0.4) is 0 Å². The molecule has 25 heavy (non-hydrogen) atoms. The highest BCUT2D eigenvalue weighted by Crippen LogP contribution is 2.26. The lowest BCUT2D eigenvalue weighted by Gasteiger charge is -2.22. The third-order valence-corrected chi connectivity index (χ3v) is 5.88. The lowest BCUT2D eigenvalue weighted by Crippen LogP contribution is -2.32. The molecule has 2 atom stereocenters. The van der Waals surface area contributed by atoms with E-state index in [9.17, 15) is 9.90 Å². The number of nitrogens with zero attached hydrogens (tertiary/aromatic N) is 2. The van der Waals surface area contributed by atoms with Crippen LogP contribution < -0.4 is 0 Å². The molecule has 5 heteroatoms. The lowest BCUT2D eigenvalue weighted by atomic mass is 9.96. The van der Waals surface area contributed by atoms with E-state index in [4.69, 9.17) is 11.6 Å². The average molecular weight is 365 g/mol. The largest absolute Gasteiger partial charge is 0.396 e. The van der Waals surface area contributed by atoms with E-state index < -0.39 is 0 Å². The Morgan fingerprint density at radius 1 is 1.12 bits per heavy atom. The Kier molecular flexibility index (Phi) is 6.74. The summed E-state index contributed by atoms with van der Waals surface area (Å²) in [5.74, 6) is 0.889. The molecule has 0 bridgehead atoms.